The quantitative estimate of drug-likeness (QED) is 0.180. The van der Waals surface area contributed by atoms with Crippen molar-refractivity contribution >= 4 is 54.6 Å². The molecule has 0 saturated heterocycles. The lowest BCUT2D eigenvalue weighted by atomic mass is 9.69. The van der Waals surface area contributed by atoms with Crippen molar-refractivity contribution in [1.82, 2.24) is 0 Å². The van der Waals surface area contributed by atoms with Crippen LogP contribution >= 0.6 is 0 Å². The molecule has 11 aromatic rings. The van der Waals surface area contributed by atoms with Gasteiger partial charge in [0.05, 0.1) is 5.41 Å². The Kier molecular flexibility index (Phi) is 5.59. The van der Waals surface area contributed by atoms with Gasteiger partial charge in [0.2, 0.25) is 0 Å². The molecule has 2 aliphatic rings. The summed E-state index contributed by atoms with van der Waals surface area (Å²) in [7, 11) is 0. The van der Waals surface area contributed by atoms with Crippen molar-refractivity contribution in [1.29, 1.82) is 0 Å². The van der Waals surface area contributed by atoms with Gasteiger partial charge in [0.15, 0.2) is 0 Å². The van der Waals surface area contributed by atoms with Crippen LogP contribution in [0.15, 0.2) is 191 Å². The lowest BCUT2D eigenvalue weighted by molar-refractivity contribution is 0.665. The molecule has 0 atom stereocenters. The molecule has 13 rings (SSSR count). The molecule has 0 amide bonds. The first-order valence-electron chi connectivity index (χ1n) is 19.0. The first kappa shape index (κ1) is 29.3. The summed E-state index contributed by atoms with van der Waals surface area (Å²) >= 11 is 0. The van der Waals surface area contributed by atoms with E-state index >= 15 is 0 Å². The van der Waals surface area contributed by atoms with Gasteiger partial charge in [-0.05, 0) is 96.7 Å². The second kappa shape index (κ2) is 10.5. The summed E-state index contributed by atoms with van der Waals surface area (Å²) in [5, 5.41) is 6.92. The van der Waals surface area contributed by atoms with Crippen molar-refractivity contribution in [2.24, 2.45) is 0 Å². The molecule has 0 fully saturated rings. The number of hydrogen-bond acceptors (Lipinski definition) is 2. The Labute approximate surface area is 316 Å². The molecule has 2 aromatic heterocycles. The highest BCUT2D eigenvalue weighted by molar-refractivity contribution is 6.24. The molecule has 254 valence electrons. The van der Waals surface area contributed by atoms with Gasteiger partial charge in [-0.2, -0.15) is 0 Å². The van der Waals surface area contributed by atoms with E-state index in [1.165, 1.54) is 66.4 Å². The summed E-state index contributed by atoms with van der Waals surface area (Å²) in [4.78, 5) is 0. The van der Waals surface area contributed by atoms with Gasteiger partial charge in [-0.15, -0.1) is 0 Å². The van der Waals surface area contributed by atoms with Gasteiger partial charge in [0.1, 0.15) is 22.3 Å². The predicted octanol–water partition coefficient (Wildman–Crippen LogP) is 14.3. The Morgan fingerprint density at radius 2 is 0.818 bits per heavy atom. The molecule has 0 saturated carbocycles. The topological polar surface area (TPSA) is 26.3 Å². The molecule has 0 N–H and O–H groups in total. The first-order valence-corrected chi connectivity index (χ1v) is 19.0. The number of benzene rings is 9. The van der Waals surface area contributed by atoms with Gasteiger partial charge in [-0.1, -0.05) is 152 Å². The van der Waals surface area contributed by atoms with Crippen LogP contribution in [0.2, 0.25) is 0 Å². The number of furan rings is 2. The molecule has 9 aromatic carbocycles. The van der Waals surface area contributed by atoms with Crippen molar-refractivity contribution in [3.05, 3.63) is 204 Å². The molecule has 0 radical (unpaired) electrons. The van der Waals surface area contributed by atoms with E-state index in [4.69, 9.17) is 8.83 Å². The molecular formula is C53H30O2. The summed E-state index contributed by atoms with van der Waals surface area (Å²) < 4.78 is 14.3. The van der Waals surface area contributed by atoms with Crippen molar-refractivity contribution in [3.63, 3.8) is 0 Å². The van der Waals surface area contributed by atoms with E-state index in [2.05, 4.69) is 182 Å². The zero-order valence-corrected chi connectivity index (χ0v) is 29.6. The maximum atomic E-state index is 7.18. The highest BCUT2D eigenvalue weighted by Crippen LogP contribution is 2.67. The molecular weight excluding hydrogens is 669 g/mol. The van der Waals surface area contributed by atoms with Crippen molar-refractivity contribution in [2.75, 3.05) is 0 Å². The van der Waals surface area contributed by atoms with Gasteiger partial charge < -0.3 is 8.83 Å². The predicted molar refractivity (Wildman–Crippen MR) is 226 cm³/mol. The van der Waals surface area contributed by atoms with Gasteiger partial charge in [0.25, 0.3) is 0 Å². The minimum Gasteiger partial charge on any atom is -0.455 e. The molecule has 0 bridgehead atoms. The average Bonchev–Trinajstić information content (AvgIpc) is 3.99. The fourth-order valence-electron chi connectivity index (χ4n) is 10.3. The van der Waals surface area contributed by atoms with E-state index in [0.717, 1.165) is 55.0 Å². The van der Waals surface area contributed by atoms with E-state index in [-0.39, 0.29) is 0 Å². The Balaban J connectivity index is 1.29. The minimum absolute atomic E-state index is 0.632. The van der Waals surface area contributed by atoms with E-state index in [1.807, 2.05) is 0 Å². The van der Waals surface area contributed by atoms with Crippen molar-refractivity contribution < 1.29 is 8.83 Å². The molecule has 2 aliphatic carbocycles. The number of fused-ring (bicyclic) bond motifs is 19. The second-order valence-electron chi connectivity index (χ2n) is 15.1. The normalized spacial score (nSPS) is 13.6. The van der Waals surface area contributed by atoms with Crippen LogP contribution < -0.4 is 0 Å². The standard InChI is InChI=1S/C53H30O2/c1-2-15-32(16-3-1)39-29-43-49(51-47(39)37-20-8-12-24-45(37)54-51)50-44(53(43)41-22-10-6-18-35(41)36-19-7-11-23-42(36)53)30-40(34-27-26-31-14-4-5-17-33(31)28-34)48-38-21-9-13-25-46(38)55-52(48)50/h1-30H. The summed E-state index contributed by atoms with van der Waals surface area (Å²) in [6.45, 7) is 0. The number of rotatable bonds is 2. The van der Waals surface area contributed by atoms with Crippen LogP contribution in [-0.2, 0) is 5.41 Å². The van der Waals surface area contributed by atoms with Gasteiger partial charge >= 0.3 is 0 Å². The van der Waals surface area contributed by atoms with Crippen LogP contribution in [-0.4, -0.2) is 0 Å². The zero-order valence-electron chi connectivity index (χ0n) is 29.6. The highest BCUT2D eigenvalue weighted by atomic mass is 16.3. The van der Waals surface area contributed by atoms with Gasteiger partial charge in [-0.3, -0.25) is 0 Å². The molecule has 55 heavy (non-hydrogen) atoms. The zero-order chi connectivity index (χ0) is 35.8. The van der Waals surface area contributed by atoms with Gasteiger partial charge in [0, 0.05) is 32.7 Å². The maximum absolute atomic E-state index is 7.18. The van der Waals surface area contributed by atoms with Crippen LogP contribution in [0.4, 0.5) is 0 Å². The monoisotopic (exact) mass is 698 g/mol. The summed E-state index contributed by atoms with van der Waals surface area (Å²) in [6.07, 6.45) is 0. The smallest absolute Gasteiger partial charge is 0.144 e. The summed E-state index contributed by atoms with van der Waals surface area (Å²) in [6, 6.07) is 66.3. The van der Waals surface area contributed by atoms with E-state index in [9.17, 15) is 0 Å². The fraction of sp³-hybridized carbons (Fsp3) is 0.0189. The Bertz CT molecular complexity index is 3390. The van der Waals surface area contributed by atoms with E-state index in [1.54, 1.807) is 0 Å². The Hall–Kier alpha value is -7.16. The molecule has 1 spiro atoms. The lowest BCUT2D eigenvalue weighted by Crippen LogP contribution is -2.26. The molecule has 0 unspecified atom stereocenters. The van der Waals surface area contributed by atoms with Crippen molar-refractivity contribution in [2.45, 2.75) is 5.41 Å². The maximum Gasteiger partial charge on any atom is 0.144 e. The van der Waals surface area contributed by atoms with Crippen LogP contribution in [0.3, 0.4) is 0 Å². The van der Waals surface area contributed by atoms with Gasteiger partial charge in [-0.25, -0.2) is 0 Å². The molecule has 2 heteroatoms. The largest absolute Gasteiger partial charge is 0.455 e. The van der Waals surface area contributed by atoms with Crippen LogP contribution in [0.5, 0.6) is 0 Å². The fourth-order valence-corrected chi connectivity index (χ4v) is 10.3. The van der Waals surface area contributed by atoms with Crippen LogP contribution in [0.1, 0.15) is 22.3 Å². The molecule has 0 aliphatic heterocycles. The average molecular weight is 699 g/mol. The summed E-state index contributed by atoms with van der Waals surface area (Å²) in [5.41, 5.74) is 17.4. The summed E-state index contributed by atoms with van der Waals surface area (Å²) in [5.74, 6) is 0. The third-order valence-electron chi connectivity index (χ3n) is 12.5. The van der Waals surface area contributed by atoms with Crippen molar-refractivity contribution in [3.8, 4) is 44.5 Å². The first-order chi connectivity index (χ1) is 27.3. The highest BCUT2D eigenvalue weighted by Gasteiger charge is 2.54. The second-order valence-corrected chi connectivity index (χ2v) is 15.1. The number of para-hydroxylation sites is 2. The van der Waals surface area contributed by atoms with E-state index in [0.29, 0.717) is 0 Å². The van der Waals surface area contributed by atoms with E-state index < -0.39 is 5.41 Å². The molecule has 2 nitrogen and oxygen atoms in total. The molecule has 2 heterocycles. The number of hydrogen-bond donors (Lipinski definition) is 0. The lowest BCUT2D eigenvalue weighted by Gasteiger charge is -2.31. The minimum atomic E-state index is -0.632. The SMILES string of the molecule is c1ccc(-c2cc3c(c4oc5ccccc5c24)-c2c(cc(-c4ccc5ccccc5c4)c4c2oc2ccccc24)C32c3ccccc3-c3ccccc32)cc1. The van der Waals surface area contributed by atoms with Crippen LogP contribution in [0, 0.1) is 0 Å². The van der Waals surface area contributed by atoms with Crippen LogP contribution in [0.25, 0.3) is 99.2 Å². The Morgan fingerprint density at radius 1 is 0.327 bits per heavy atom. The Morgan fingerprint density at radius 3 is 1.44 bits per heavy atom. The third-order valence-corrected chi connectivity index (χ3v) is 12.5. The third kappa shape index (κ3) is 3.64.